The first kappa shape index (κ1) is 17.7. The number of H-pyrrole nitrogens is 1. The quantitative estimate of drug-likeness (QED) is 0.846. The first-order valence-corrected chi connectivity index (χ1v) is 9.24. The summed E-state index contributed by atoms with van der Waals surface area (Å²) >= 11 is 0. The lowest BCUT2D eigenvalue weighted by atomic mass is 9.89. The molecule has 25 heavy (non-hydrogen) atoms. The van der Waals surface area contributed by atoms with Crippen LogP contribution in [-0.2, 0) is 0 Å². The number of hydrogen-bond donors (Lipinski definition) is 1. The summed E-state index contributed by atoms with van der Waals surface area (Å²) in [5.41, 5.74) is 3.85. The summed E-state index contributed by atoms with van der Waals surface area (Å²) in [7, 11) is 1.72. The van der Waals surface area contributed by atoms with E-state index in [1.54, 1.807) is 7.11 Å². The summed E-state index contributed by atoms with van der Waals surface area (Å²) in [6.45, 7) is 7.71. The molecule has 1 aliphatic heterocycles. The third-order valence-corrected chi connectivity index (χ3v) is 5.04. The number of hydrogen-bond acceptors (Lipinski definition) is 3. The molecule has 1 fully saturated rings. The van der Waals surface area contributed by atoms with Crippen molar-refractivity contribution in [3.8, 4) is 5.75 Å². The molecule has 1 N–H and O–H groups in total. The number of rotatable bonds is 6. The number of ether oxygens (including phenoxy) is 1. The van der Waals surface area contributed by atoms with Crippen molar-refractivity contribution in [3.05, 3.63) is 53.4 Å². The van der Waals surface area contributed by atoms with E-state index in [0.29, 0.717) is 11.8 Å². The smallest absolute Gasteiger partial charge is 0.126 e. The van der Waals surface area contributed by atoms with Crippen LogP contribution in [0.3, 0.4) is 0 Å². The molecule has 1 atom stereocenters. The topological polar surface area (TPSA) is 41.1 Å². The van der Waals surface area contributed by atoms with Gasteiger partial charge in [-0.25, -0.2) is 0 Å². The maximum atomic E-state index is 5.41. The minimum absolute atomic E-state index is 0.523. The van der Waals surface area contributed by atoms with Crippen molar-refractivity contribution in [2.75, 3.05) is 26.7 Å². The number of aromatic nitrogens is 2. The van der Waals surface area contributed by atoms with Gasteiger partial charge in [0.05, 0.1) is 13.3 Å². The van der Waals surface area contributed by atoms with Crippen molar-refractivity contribution in [2.45, 2.75) is 38.5 Å². The summed E-state index contributed by atoms with van der Waals surface area (Å²) in [5, 5.41) is 7.56. The number of para-hydroxylation sites is 1. The number of methoxy groups -OCH3 is 1. The predicted octanol–water partition coefficient (Wildman–Crippen LogP) is 4.43. The minimum Gasteiger partial charge on any atom is -0.496 e. The van der Waals surface area contributed by atoms with E-state index < -0.39 is 0 Å². The molecule has 0 spiro atoms. The Morgan fingerprint density at radius 2 is 2.20 bits per heavy atom. The summed E-state index contributed by atoms with van der Waals surface area (Å²) in [6.07, 6.45) is 8.90. The predicted molar refractivity (Wildman–Crippen MR) is 103 cm³/mol. The van der Waals surface area contributed by atoms with E-state index >= 15 is 0 Å². The SMILES string of the molecule is COc1ccccc1/C=C/CN1CCC[C@H](c2[nH]ncc2C(C)C)C1. The van der Waals surface area contributed by atoms with Gasteiger partial charge in [-0.15, -0.1) is 0 Å². The summed E-state index contributed by atoms with van der Waals surface area (Å²) < 4.78 is 5.41. The fourth-order valence-electron chi connectivity index (χ4n) is 3.68. The molecule has 2 heterocycles. The van der Waals surface area contributed by atoms with Crippen LogP contribution < -0.4 is 4.74 Å². The van der Waals surface area contributed by atoms with Crippen LogP contribution in [0.4, 0.5) is 0 Å². The van der Waals surface area contributed by atoms with Crippen LogP contribution in [0.15, 0.2) is 36.5 Å². The molecule has 3 rings (SSSR count). The first-order chi connectivity index (χ1) is 12.2. The Kier molecular flexibility index (Phi) is 5.92. The zero-order chi connectivity index (χ0) is 17.6. The molecule has 1 aromatic heterocycles. The van der Waals surface area contributed by atoms with Gasteiger partial charge in [-0.05, 0) is 36.9 Å². The van der Waals surface area contributed by atoms with Gasteiger partial charge in [0.15, 0.2) is 0 Å². The normalized spacial score (nSPS) is 19.0. The van der Waals surface area contributed by atoms with Crippen molar-refractivity contribution < 1.29 is 4.74 Å². The minimum atomic E-state index is 0.523. The zero-order valence-corrected chi connectivity index (χ0v) is 15.5. The van der Waals surface area contributed by atoms with Gasteiger partial charge in [0.25, 0.3) is 0 Å². The highest BCUT2D eigenvalue weighted by atomic mass is 16.5. The average Bonchev–Trinajstić information content (AvgIpc) is 3.12. The van der Waals surface area contributed by atoms with Gasteiger partial charge in [0, 0.05) is 30.3 Å². The standard InChI is InChI=1S/C21H29N3O/c1-16(2)19-14-22-23-21(19)18-10-7-13-24(15-18)12-6-9-17-8-4-5-11-20(17)25-3/h4-6,8-9,11,14,16,18H,7,10,12-13,15H2,1-3H3,(H,22,23)/b9-6+/t18-/m0/s1. The van der Waals surface area contributed by atoms with Crippen molar-refractivity contribution in [2.24, 2.45) is 0 Å². The molecule has 1 saturated heterocycles. The second-order valence-electron chi connectivity index (χ2n) is 7.14. The van der Waals surface area contributed by atoms with Crippen LogP contribution in [0, 0.1) is 0 Å². The number of nitrogens with one attached hydrogen (secondary N) is 1. The Labute approximate surface area is 150 Å². The average molecular weight is 339 g/mol. The molecule has 1 aromatic carbocycles. The Bertz CT molecular complexity index is 705. The second kappa shape index (κ2) is 8.34. The molecular formula is C21H29N3O. The molecule has 0 amide bonds. The highest BCUT2D eigenvalue weighted by Gasteiger charge is 2.24. The number of nitrogens with zero attached hydrogens (tertiary/aromatic N) is 2. The lowest BCUT2D eigenvalue weighted by Gasteiger charge is -2.32. The molecule has 0 bridgehead atoms. The van der Waals surface area contributed by atoms with E-state index in [9.17, 15) is 0 Å². The molecule has 0 saturated carbocycles. The third-order valence-electron chi connectivity index (χ3n) is 5.04. The highest BCUT2D eigenvalue weighted by Crippen LogP contribution is 2.31. The van der Waals surface area contributed by atoms with E-state index in [1.165, 1.54) is 24.1 Å². The summed E-state index contributed by atoms with van der Waals surface area (Å²) in [4.78, 5) is 2.53. The van der Waals surface area contributed by atoms with Gasteiger partial charge < -0.3 is 4.74 Å². The van der Waals surface area contributed by atoms with E-state index in [4.69, 9.17) is 4.74 Å². The zero-order valence-electron chi connectivity index (χ0n) is 15.5. The van der Waals surface area contributed by atoms with Crippen LogP contribution in [0.25, 0.3) is 6.08 Å². The number of benzene rings is 1. The van der Waals surface area contributed by atoms with E-state index in [1.807, 2.05) is 24.4 Å². The Morgan fingerprint density at radius 1 is 1.36 bits per heavy atom. The van der Waals surface area contributed by atoms with Gasteiger partial charge in [0.2, 0.25) is 0 Å². The number of likely N-dealkylation sites (tertiary alicyclic amines) is 1. The van der Waals surface area contributed by atoms with Gasteiger partial charge in [-0.3, -0.25) is 10.00 Å². The molecule has 0 radical (unpaired) electrons. The summed E-state index contributed by atoms with van der Waals surface area (Å²) in [6, 6.07) is 8.14. The van der Waals surface area contributed by atoms with Crippen molar-refractivity contribution in [1.29, 1.82) is 0 Å². The van der Waals surface area contributed by atoms with Crippen molar-refractivity contribution >= 4 is 6.08 Å². The molecule has 134 valence electrons. The summed E-state index contributed by atoms with van der Waals surface area (Å²) in [5.74, 6) is 2.01. The van der Waals surface area contributed by atoms with Gasteiger partial charge in [-0.2, -0.15) is 5.10 Å². The maximum Gasteiger partial charge on any atom is 0.126 e. The van der Waals surface area contributed by atoms with Gasteiger partial charge >= 0.3 is 0 Å². The van der Waals surface area contributed by atoms with Crippen LogP contribution in [0.1, 0.15) is 55.3 Å². The fraction of sp³-hybridized carbons (Fsp3) is 0.476. The maximum absolute atomic E-state index is 5.41. The monoisotopic (exact) mass is 339 g/mol. The number of piperidine rings is 1. The van der Waals surface area contributed by atoms with E-state index in [-0.39, 0.29) is 0 Å². The molecule has 4 heteroatoms. The Balaban J connectivity index is 1.62. The first-order valence-electron chi connectivity index (χ1n) is 9.24. The largest absolute Gasteiger partial charge is 0.496 e. The molecular weight excluding hydrogens is 310 g/mol. The van der Waals surface area contributed by atoms with Crippen molar-refractivity contribution in [3.63, 3.8) is 0 Å². The Morgan fingerprint density at radius 3 is 3.00 bits per heavy atom. The molecule has 2 aromatic rings. The molecule has 4 nitrogen and oxygen atoms in total. The molecule has 1 aliphatic rings. The van der Waals surface area contributed by atoms with Gasteiger partial charge in [0.1, 0.15) is 5.75 Å². The molecule has 0 aliphatic carbocycles. The molecule has 0 unspecified atom stereocenters. The van der Waals surface area contributed by atoms with Gasteiger partial charge in [-0.1, -0.05) is 44.2 Å². The number of aromatic amines is 1. The fourth-order valence-corrected chi connectivity index (χ4v) is 3.68. The Hall–Kier alpha value is -2.07. The third kappa shape index (κ3) is 4.31. The highest BCUT2D eigenvalue weighted by molar-refractivity contribution is 5.57. The van der Waals surface area contributed by atoms with Crippen molar-refractivity contribution in [1.82, 2.24) is 15.1 Å². The lowest BCUT2D eigenvalue weighted by Crippen LogP contribution is -2.34. The van der Waals surface area contributed by atoms with Crippen LogP contribution in [0.2, 0.25) is 0 Å². The van der Waals surface area contributed by atoms with E-state index in [0.717, 1.165) is 30.9 Å². The lowest BCUT2D eigenvalue weighted by molar-refractivity contribution is 0.225. The van der Waals surface area contributed by atoms with E-state index in [2.05, 4.69) is 47.2 Å². The van der Waals surface area contributed by atoms with Crippen LogP contribution >= 0.6 is 0 Å². The van der Waals surface area contributed by atoms with Crippen LogP contribution in [0.5, 0.6) is 5.75 Å². The second-order valence-corrected chi connectivity index (χ2v) is 7.14. The van der Waals surface area contributed by atoms with Crippen LogP contribution in [-0.4, -0.2) is 41.8 Å².